The molecule has 0 aliphatic heterocycles. The minimum atomic E-state index is 0.630. The number of hydrogen-bond acceptors (Lipinski definition) is 5. The summed E-state index contributed by atoms with van der Waals surface area (Å²) in [4.78, 5) is 16.3. The first-order chi connectivity index (χ1) is 60.9. The van der Waals surface area contributed by atoms with E-state index in [1.165, 1.54) is 552 Å². The predicted molar refractivity (Wildman–Crippen MR) is 553 cm³/mol. The molecule has 1 radical (unpaired) electrons. The van der Waals surface area contributed by atoms with Crippen molar-refractivity contribution in [2.45, 2.75) is 619 Å². The van der Waals surface area contributed by atoms with Crippen LogP contribution in [0.3, 0.4) is 0 Å². The van der Waals surface area contributed by atoms with Gasteiger partial charge >= 0.3 is 0 Å². The second-order valence-corrected chi connectivity index (χ2v) is 39.9. The lowest BCUT2D eigenvalue weighted by molar-refractivity contribution is 0.533. The van der Waals surface area contributed by atoms with Crippen LogP contribution in [-0.4, -0.2) is 15.0 Å². The molecule has 1 heterocycles. The van der Waals surface area contributed by atoms with Gasteiger partial charge in [0.1, 0.15) is 0 Å². The van der Waals surface area contributed by atoms with Gasteiger partial charge in [0.2, 0.25) is 11.9 Å². The monoisotopic (exact) mass is 1700 g/mol. The van der Waals surface area contributed by atoms with Crippen LogP contribution in [0.5, 0.6) is 0 Å². The third-order valence-electron chi connectivity index (χ3n) is 28.0. The molecule has 2 N–H and O–H groups in total. The molecule has 1 aromatic heterocycles. The molecule has 0 spiro atoms. The van der Waals surface area contributed by atoms with Crippen LogP contribution >= 0.6 is 0 Å². The van der Waals surface area contributed by atoms with Crippen molar-refractivity contribution in [1.82, 2.24) is 15.0 Å². The van der Waals surface area contributed by atoms with E-state index in [2.05, 4.69) is 108 Å². The van der Waals surface area contributed by atoms with Gasteiger partial charge in [-0.1, -0.05) is 567 Å². The fraction of sp³-hybridized carbons (Fsp3) is 0.814. The van der Waals surface area contributed by atoms with E-state index in [0.717, 1.165) is 48.2 Å². The molecular formula is C118H210N5. The van der Waals surface area contributed by atoms with Crippen molar-refractivity contribution in [1.29, 1.82) is 0 Å². The third kappa shape index (κ3) is 63.8. The van der Waals surface area contributed by atoms with Crippen molar-refractivity contribution in [2.24, 2.45) is 0 Å². The maximum absolute atomic E-state index is 5.48. The first-order valence-corrected chi connectivity index (χ1v) is 56.4. The fourth-order valence-electron chi connectivity index (χ4n) is 19.8. The van der Waals surface area contributed by atoms with Crippen LogP contribution in [0.25, 0.3) is 11.4 Å². The maximum atomic E-state index is 5.48. The molecule has 0 amide bonds. The molecule has 0 aliphatic rings. The average molecular weight is 1700 g/mol. The van der Waals surface area contributed by atoms with Crippen LogP contribution in [0.1, 0.15) is 620 Å². The van der Waals surface area contributed by atoms with Gasteiger partial charge in [0.25, 0.3) is 0 Å². The van der Waals surface area contributed by atoms with Crippen molar-refractivity contribution in [2.75, 3.05) is 10.6 Å². The lowest BCUT2D eigenvalue weighted by Gasteiger charge is -2.20. The lowest BCUT2D eigenvalue weighted by atomic mass is 9.89. The van der Waals surface area contributed by atoms with Gasteiger partial charge in [-0.3, -0.25) is 0 Å². The number of unbranched alkanes of at least 4 members (excludes halogenated alkanes) is 78. The van der Waals surface area contributed by atoms with E-state index in [1.807, 2.05) is 0 Å². The van der Waals surface area contributed by atoms with Gasteiger partial charge in [-0.25, -0.2) is 0 Å². The first-order valence-electron chi connectivity index (χ1n) is 56.4. The smallest absolute Gasteiger partial charge is 0.232 e. The van der Waals surface area contributed by atoms with Gasteiger partial charge in [-0.2, -0.15) is 15.0 Å². The highest BCUT2D eigenvalue weighted by molar-refractivity contribution is 5.66. The fourth-order valence-corrected chi connectivity index (χ4v) is 19.8. The van der Waals surface area contributed by atoms with E-state index < -0.39 is 0 Å². The minimum Gasteiger partial charge on any atom is -0.324 e. The van der Waals surface area contributed by atoms with Crippen LogP contribution in [0.15, 0.2) is 48.5 Å². The highest BCUT2D eigenvalue weighted by Crippen LogP contribution is 2.34. The Morgan fingerprint density at radius 2 is 0.341 bits per heavy atom. The van der Waals surface area contributed by atoms with Crippen molar-refractivity contribution in [3.8, 4) is 11.4 Å². The number of rotatable bonds is 95. The normalized spacial score (nSPS) is 11.7. The second kappa shape index (κ2) is 85.1. The number of benzene rings is 3. The maximum Gasteiger partial charge on any atom is 0.232 e. The number of nitrogens with one attached hydrogen (secondary N) is 2. The first kappa shape index (κ1) is 112. The molecule has 4 rings (SSSR count). The van der Waals surface area contributed by atoms with Gasteiger partial charge in [-0.15, -0.1) is 0 Å². The summed E-state index contributed by atoms with van der Waals surface area (Å²) in [7, 11) is 0. The van der Waals surface area contributed by atoms with Gasteiger partial charge in [0, 0.05) is 16.9 Å². The second-order valence-electron chi connectivity index (χ2n) is 39.9. The molecule has 5 heteroatoms. The van der Waals surface area contributed by atoms with Crippen molar-refractivity contribution < 1.29 is 0 Å². The summed E-state index contributed by atoms with van der Waals surface area (Å²) in [6.07, 6.45) is 124. The van der Waals surface area contributed by atoms with E-state index in [1.54, 1.807) is 33.4 Å². The summed E-state index contributed by atoms with van der Waals surface area (Å²) in [6.45, 7) is 18.3. The van der Waals surface area contributed by atoms with E-state index in [-0.39, 0.29) is 0 Å². The van der Waals surface area contributed by atoms with Crippen LogP contribution in [0.4, 0.5) is 23.3 Å². The van der Waals surface area contributed by atoms with Gasteiger partial charge in [0.15, 0.2) is 5.82 Å². The Hall–Kier alpha value is -3.73. The van der Waals surface area contributed by atoms with Gasteiger partial charge in [-0.05, 0) is 147 Å². The number of aryl methyl sites for hydroxylation is 4. The molecule has 4 aromatic rings. The quantitative estimate of drug-likeness (QED) is 0.0431. The molecule has 3 aromatic carbocycles. The largest absolute Gasteiger partial charge is 0.324 e. The predicted octanol–water partition coefficient (Wildman–Crippen LogP) is 41.4. The van der Waals surface area contributed by atoms with Crippen LogP contribution in [-0.2, 0) is 38.5 Å². The Kier molecular flexibility index (Phi) is 77.2. The Morgan fingerprint density at radius 3 is 0.512 bits per heavy atom. The zero-order chi connectivity index (χ0) is 87.3. The molecule has 0 atom stereocenters. The third-order valence-corrected chi connectivity index (χ3v) is 28.0. The van der Waals surface area contributed by atoms with Crippen molar-refractivity contribution in [3.05, 3.63) is 94.4 Å². The molecule has 0 fully saturated rings. The summed E-state index contributed by atoms with van der Waals surface area (Å²) in [5, 5.41) is 8.00. The molecule has 123 heavy (non-hydrogen) atoms. The van der Waals surface area contributed by atoms with E-state index in [0.29, 0.717) is 17.7 Å². The van der Waals surface area contributed by atoms with Crippen LogP contribution < -0.4 is 10.6 Å². The molecule has 0 unspecified atom stereocenters. The van der Waals surface area contributed by atoms with Crippen LogP contribution in [0, 0.1) is 6.92 Å². The summed E-state index contributed by atoms with van der Waals surface area (Å²) in [5.41, 5.74) is 14.0. The van der Waals surface area contributed by atoms with Crippen molar-refractivity contribution in [3.63, 3.8) is 0 Å². The molecule has 0 saturated carbocycles. The Balaban J connectivity index is 1.70. The molecule has 0 aliphatic carbocycles. The zero-order valence-electron chi connectivity index (χ0n) is 83.8. The van der Waals surface area contributed by atoms with E-state index >= 15 is 0 Å². The van der Waals surface area contributed by atoms with E-state index in [4.69, 9.17) is 15.0 Å². The SMILES string of the molecule is [CH2]c1ccc(-c2nc(Nc3cc(CCCCCCCCCCCCCCCC)c(CCCCCCCCCCCCCCCC)c(CCCCCCCCCCCCCCCC)c3)nc(Nc3cc(CCCCCCCCCCCCCCCC)c(CCCCCCCCCCCCCCCC)c(CCCCCCCCCCCCCCCC)c3)n2)cc1. The number of aromatic nitrogens is 3. The Morgan fingerprint density at radius 1 is 0.187 bits per heavy atom. The molecular weight excluding hydrogens is 1490 g/mol. The van der Waals surface area contributed by atoms with Gasteiger partial charge < -0.3 is 10.6 Å². The number of anilines is 4. The molecule has 5 nitrogen and oxygen atoms in total. The topological polar surface area (TPSA) is 62.7 Å². The van der Waals surface area contributed by atoms with Crippen molar-refractivity contribution >= 4 is 23.3 Å². The van der Waals surface area contributed by atoms with Gasteiger partial charge in [0.05, 0.1) is 0 Å². The highest BCUT2D eigenvalue weighted by Gasteiger charge is 2.19. The Bertz CT molecular complexity index is 2610. The molecule has 0 bridgehead atoms. The number of nitrogens with zero attached hydrogens (tertiary/aromatic N) is 3. The highest BCUT2D eigenvalue weighted by atomic mass is 15.2. The summed E-state index contributed by atoms with van der Waals surface area (Å²) < 4.78 is 0. The van der Waals surface area contributed by atoms with E-state index in [9.17, 15) is 0 Å². The summed E-state index contributed by atoms with van der Waals surface area (Å²) in [5.74, 6) is 1.96. The summed E-state index contributed by atoms with van der Waals surface area (Å²) >= 11 is 0. The summed E-state index contributed by atoms with van der Waals surface area (Å²) in [6, 6.07) is 18.8. The Labute approximate surface area is 769 Å². The number of hydrogen-bond donors (Lipinski definition) is 2. The van der Waals surface area contributed by atoms with Crippen LogP contribution in [0.2, 0.25) is 0 Å². The standard InChI is InChI=1S/C118H210N5/c1-8-14-20-26-32-38-44-50-56-62-68-74-80-86-92-108-102-112(103-109(93-87-81-75-69-63-57-51-45-39-33-27-21-15-9-2)114(108)96-90-84-78-72-66-60-54-48-42-36-30-24-18-12-5)119-117-121-116(107-100-98-106(7)99-101-107)122-118(123-117)120-113-104-110(94-88-82-76-70-64-58-52-46-40-34-28-22-16-10-3)115(97-91-85-79-73-67-61-55-49-43-37-31-25-19-13-6)111(105-113)95-89-83-77-71-65-59-53-47-41-35-29-23-17-11-4/h98-105H,7-97H2,1-6H3,(H2,119,120,121,122,123). The molecule has 707 valence electrons. The average Bonchev–Trinajstić information content (AvgIpc) is 0.806. The molecule has 0 saturated heterocycles. The zero-order valence-corrected chi connectivity index (χ0v) is 83.8. The minimum absolute atomic E-state index is 0.630. The lowest BCUT2D eigenvalue weighted by Crippen LogP contribution is -2.09.